The van der Waals surface area contributed by atoms with Gasteiger partial charge in [0, 0.05) is 6.04 Å². The summed E-state index contributed by atoms with van der Waals surface area (Å²) >= 11 is 0. The fraction of sp³-hybridized carbons (Fsp3) is 0.533. The Morgan fingerprint density at radius 1 is 0.824 bits per heavy atom. The minimum atomic E-state index is 0.459. The number of benzene rings is 1. The highest BCUT2D eigenvalue weighted by Gasteiger charge is 2.17. The van der Waals surface area contributed by atoms with Crippen LogP contribution in [0.1, 0.15) is 48.0 Å². The van der Waals surface area contributed by atoms with Crippen molar-refractivity contribution in [1.82, 2.24) is 9.55 Å². The molecule has 2 nitrogen and oxygen atoms in total. The van der Waals surface area contributed by atoms with Crippen molar-refractivity contribution in [1.29, 1.82) is 0 Å². The van der Waals surface area contributed by atoms with Crippen molar-refractivity contribution in [3.05, 3.63) is 28.1 Å². The first-order valence-electron chi connectivity index (χ1n) is 6.31. The molecular weight excluding hydrogens is 208 g/mol. The van der Waals surface area contributed by atoms with Crippen LogP contribution in [-0.4, -0.2) is 9.55 Å². The van der Waals surface area contributed by atoms with Gasteiger partial charge in [0.05, 0.1) is 11.0 Å². The third kappa shape index (κ3) is 1.58. The van der Waals surface area contributed by atoms with Gasteiger partial charge in [0.1, 0.15) is 5.82 Å². The highest BCUT2D eigenvalue weighted by molar-refractivity contribution is 5.85. The van der Waals surface area contributed by atoms with Crippen LogP contribution in [0.2, 0.25) is 0 Å². The van der Waals surface area contributed by atoms with Crippen LogP contribution in [0, 0.1) is 34.6 Å². The average Bonchev–Trinajstić information content (AvgIpc) is 2.61. The van der Waals surface area contributed by atoms with E-state index in [2.05, 4.69) is 53.0 Å². The van der Waals surface area contributed by atoms with Crippen LogP contribution < -0.4 is 0 Å². The van der Waals surface area contributed by atoms with Gasteiger partial charge >= 0.3 is 0 Å². The van der Waals surface area contributed by atoms with E-state index in [9.17, 15) is 0 Å². The molecule has 1 aromatic heterocycles. The molecule has 1 aromatic carbocycles. The summed E-state index contributed by atoms with van der Waals surface area (Å²) in [7, 11) is 0. The third-order valence-corrected chi connectivity index (χ3v) is 4.00. The van der Waals surface area contributed by atoms with Gasteiger partial charge in [-0.05, 0) is 70.7 Å². The van der Waals surface area contributed by atoms with Crippen LogP contribution in [0.5, 0.6) is 0 Å². The highest BCUT2D eigenvalue weighted by atomic mass is 15.1. The van der Waals surface area contributed by atoms with E-state index >= 15 is 0 Å². The number of rotatable bonds is 1. The predicted molar refractivity (Wildman–Crippen MR) is 73.8 cm³/mol. The summed E-state index contributed by atoms with van der Waals surface area (Å²) in [6.07, 6.45) is 0. The summed E-state index contributed by atoms with van der Waals surface area (Å²) in [6, 6.07) is 0.459. The van der Waals surface area contributed by atoms with E-state index in [0.29, 0.717) is 6.04 Å². The number of aryl methyl sites for hydroxylation is 3. The van der Waals surface area contributed by atoms with E-state index in [1.807, 2.05) is 0 Å². The molecule has 0 spiro atoms. The number of imidazole rings is 1. The van der Waals surface area contributed by atoms with Crippen molar-refractivity contribution >= 4 is 11.0 Å². The topological polar surface area (TPSA) is 17.8 Å². The first kappa shape index (κ1) is 12.2. The van der Waals surface area contributed by atoms with Gasteiger partial charge in [0.25, 0.3) is 0 Å². The number of nitrogens with zero attached hydrogens (tertiary/aromatic N) is 2. The Bertz CT molecular complexity index is 589. The van der Waals surface area contributed by atoms with Crippen LogP contribution in [0.15, 0.2) is 0 Å². The van der Waals surface area contributed by atoms with Gasteiger partial charge in [-0.3, -0.25) is 0 Å². The summed E-state index contributed by atoms with van der Waals surface area (Å²) in [5.74, 6) is 1.12. The molecule has 2 aromatic rings. The molecule has 0 unspecified atom stereocenters. The first-order valence-corrected chi connectivity index (χ1v) is 6.31. The molecule has 0 fully saturated rings. The van der Waals surface area contributed by atoms with E-state index in [0.717, 1.165) is 5.82 Å². The normalized spacial score (nSPS) is 11.8. The monoisotopic (exact) mass is 230 g/mol. The first-order chi connectivity index (χ1) is 7.86. The van der Waals surface area contributed by atoms with Gasteiger partial charge < -0.3 is 4.57 Å². The molecule has 2 rings (SSSR count). The van der Waals surface area contributed by atoms with Crippen LogP contribution >= 0.6 is 0 Å². The quantitative estimate of drug-likeness (QED) is 0.719. The van der Waals surface area contributed by atoms with Crippen LogP contribution in [0.3, 0.4) is 0 Å². The molecule has 1 heterocycles. The Balaban J connectivity index is 3.02. The molecule has 0 aliphatic rings. The molecule has 0 saturated carbocycles. The molecule has 0 radical (unpaired) electrons. The zero-order chi connectivity index (χ0) is 12.9. The fourth-order valence-corrected chi connectivity index (χ4v) is 2.71. The van der Waals surface area contributed by atoms with Crippen molar-refractivity contribution in [2.24, 2.45) is 0 Å². The van der Waals surface area contributed by atoms with Gasteiger partial charge in [0.15, 0.2) is 0 Å². The lowest BCUT2D eigenvalue weighted by molar-refractivity contribution is 0.599. The van der Waals surface area contributed by atoms with E-state index in [1.54, 1.807) is 0 Å². The summed E-state index contributed by atoms with van der Waals surface area (Å²) in [4.78, 5) is 4.76. The molecule has 2 heteroatoms. The zero-order valence-electron chi connectivity index (χ0n) is 12.0. The van der Waals surface area contributed by atoms with Crippen molar-refractivity contribution in [3.8, 4) is 0 Å². The minimum absolute atomic E-state index is 0.459. The lowest BCUT2D eigenvalue weighted by Gasteiger charge is -2.15. The maximum Gasteiger partial charge on any atom is 0.106 e. The highest BCUT2D eigenvalue weighted by Crippen LogP contribution is 2.31. The van der Waals surface area contributed by atoms with E-state index in [1.165, 1.54) is 33.3 Å². The summed E-state index contributed by atoms with van der Waals surface area (Å²) < 4.78 is 2.35. The predicted octanol–water partition coefficient (Wildman–Crippen LogP) is 4.16. The summed E-state index contributed by atoms with van der Waals surface area (Å²) in [6.45, 7) is 15.3. The SMILES string of the molecule is Cc1c(C)c(C)c2c(nc(C)n2C(C)C)c1C. The van der Waals surface area contributed by atoms with Crippen LogP contribution in [0.4, 0.5) is 0 Å². The van der Waals surface area contributed by atoms with Gasteiger partial charge in [0.2, 0.25) is 0 Å². The molecule has 0 aliphatic carbocycles. The number of aromatic nitrogens is 2. The summed E-state index contributed by atoms with van der Waals surface area (Å²) in [5.41, 5.74) is 7.97. The maximum absolute atomic E-state index is 4.76. The van der Waals surface area contributed by atoms with Gasteiger partial charge in [-0.2, -0.15) is 0 Å². The molecular formula is C15H22N2. The molecule has 0 saturated heterocycles. The number of hydrogen-bond donors (Lipinski definition) is 0. The second kappa shape index (κ2) is 3.86. The lowest BCUT2D eigenvalue weighted by Crippen LogP contribution is -2.05. The Labute approximate surface area is 104 Å². The van der Waals surface area contributed by atoms with Crippen molar-refractivity contribution in [2.75, 3.05) is 0 Å². The molecule has 0 atom stereocenters. The smallest absolute Gasteiger partial charge is 0.106 e. The van der Waals surface area contributed by atoms with Crippen molar-refractivity contribution in [2.45, 2.75) is 54.5 Å². The van der Waals surface area contributed by atoms with Crippen molar-refractivity contribution in [3.63, 3.8) is 0 Å². The van der Waals surface area contributed by atoms with E-state index in [-0.39, 0.29) is 0 Å². The summed E-state index contributed by atoms with van der Waals surface area (Å²) in [5, 5.41) is 0. The second-order valence-corrected chi connectivity index (χ2v) is 5.32. The van der Waals surface area contributed by atoms with Gasteiger partial charge in [-0.1, -0.05) is 0 Å². The second-order valence-electron chi connectivity index (χ2n) is 5.32. The Morgan fingerprint density at radius 3 is 1.88 bits per heavy atom. The minimum Gasteiger partial charge on any atom is -0.325 e. The van der Waals surface area contributed by atoms with Crippen LogP contribution in [0.25, 0.3) is 11.0 Å². The fourth-order valence-electron chi connectivity index (χ4n) is 2.71. The third-order valence-electron chi connectivity index (χ3n) is 4.00. The van der Waals surface area contributed by atoms with Crippen LogP contribution in [-0.2, 0) is 0 Å². The van der Waals surface area contributed by atoms with E-state index < -0.39 is 0 Å². The molecule has 0 N–H and O–H groups in total. The van der Waals surface area contributed by atoms with Gasteiger partial charge in [-0.25, -0.2) is 4.98 Å². The van der Waals surface area contributed by atoms with E-state index in [4.69, 9.17) is 4.98 Å². The Kier molecular flexibility index (Phi) is 2.76. The molecule has 0 amide bonds. The largest absolute Gasteiger partial charge is 0.325 e. The molecule has 92 valence electrons. The zero-order valence-corrected chi connectivity index (χ0v) is 12.0. The molecule has 17 heavy (non-hydrogen) atoms. The lowest BCUT2D eigenvalue weighted by atomic mass is 9.97. The van der Waals surface area contributed by atoms with Crippen molar-refractivity contribution < 1.29 is 0 Å². The Hall–Kier alpha value is -1.31. The maximum atomic E-state index is 4.76. The Morgan fingerprint density at radius 2 is 1.35 bits per heavy atom. The van der Waals surface area contributed by atoms with Gasteiger partial charge in [-0.15, -0.1) is 0 Å². The molecule has 0 bridgehead atoms. The number of hydrogen-bond acceptors (Lipinski definition) is 1. The molecule has 0 aliphatic heterocycles. The average molecular weight is 230 g/mol. The number of fused-ring (bicyclic) bond motifs is 1. The standard InChI is InChI=1S/C15H22N2/c1-8(2)17-13(7)16-14-11(5)9(3)10(4)12(6)15(14)17/h8H,1-7H3.